The molecule has 0 radical (unpaired) electrons. The highest BCUT2D eigenvalue weighted by Crippen LogP contribution is 2.31. The number of aromatic carboxylic acids is 1. The van der Waals surface area contributed by atoms with E-state index in [4.69, 9.17) is 0 Å². The number of rotatable bonds is 4. The number of hydrogen-bond acceptors (Lipinski definition) is 5. The maximum absolute atomic E-state index is 11.3. The summed E-state index contributed by atoms with van der Waals surface area (Å²) in [5.74, 6) is -0.901. The zero-order valence-electron chi connectivity index (χ0n) is 10.8. The Bertz CT molecular complexity index is 776. The van der Waals surface area contributed by atoms with Crippen LogP contribution in [0.5, 0.6) is 0 Å². The van der Waals surface area contributed by atoms with E-state index in [0.717, 1.165) is 27.2 Å². The Kier molecular flexibility index (Phi) is 3.50. The van der Waals surface area contributed by atoms with Gasteiger partial charge in [0.2, 0.25) is 0 Å². The topological polar surface area (TPSA) is 63.1 Å². The van der Waals surface area contributed by atoms with Crippen LogP contribution in [0, 0.1) is 0 Å². The molecule has 0 amide bonds. The van der Waals surface area contributed by atoms with Crippen molar-refractivity contribution in [2.75, 3.05) is 0 Å². The Morgan fingerprint density at radius 2 is 2.30 bits per heavy atom. The number of carboxylic acid groups (broad SMARTS) is 1. The van der Waals surface area contributed by atoms with Crippen LogP contribution in [0.1, 0.15) is 28.7 Å². The molecule has 4 nitrogen and oxygen atoms in total. The van der Waals surface area contributed by atoms with E-state index in [1.807, 2.05) is 24.4 Å². The van der Waals surface area contributed by atoms with Crippen molar-refractivity contribution >= 4 is 38.9 Å². The smallest absolute Gasteiger partial charge is 0.347 e. The van der Waals surface area contributed by atoms with E-state index in [-0.39, 0.29) is 0 Å². The van der Waals surface area contributed by atoms with Crippen LogP contribution in [0.4, 0.5) is 0 Å². The predicted octanol–water partition coefficient (Wildman–Crippen LogP) is 4.07. The van der Waals surface area contributed by atoms with Crippen molar-refractivity contribution in [2.24, 2.45) is 0 Å². The molecule has 0 spiro atoms. The average Bonchev–Trinajstić information content (AvgIpc) is 3.04. The Morgan fingerprint density at radius 1 is 1.45 bits per heavy atom. The molecule has 3 aromatic rings. The third kappa shape index (κ3) is 2.32. The lowest BCUT2D eigenvalue weighted by Crippen LogP contribution is -1.98. The number of aryl methyl sites for hydroxylation is 1. The van der Waals surface area contributed by atoms with E-state index in [2.05, 4.69) is 9.97 Å². The van der Waals surface area contributed by atoms with Crippen molar-refractivity contribution in [3.8, 4) is 10.6 Å². The van der Waals surface area contributed by atoms with Gasteiger partial charge in [0.25, 0.3) is 0 Å². The minimum Gasteiger partial charge on any atom is -0.477 e. The second-order valence-corrected chi connectivity index (χ2v) is 6.32. The van der Waals surface area contributed by atoms with Crippen molar-refractivity contribution in [3.05, 3.63) is 34.3 Å². The molecule has 3 aromatic heterocycles. The van der Waals surface area contributed by atoms with Gasteiger partial charge in [-0.1, -0.05) is 13.3 Å². The summed E-state index contributed by atoms with van der Waals surface area (Å²) in [7, 11) is 0. The molecule has 0 saturated carbocycles. The molecule has 0 aliphatic rings. The molecule has 3 rings (SSSR count). The lowest BCUT2D eigenvalue weighted by molar-refractivity contribution is 0.0700. The van der Waals surface area contributed by atoms with Gasteiger partial charge < -0.3 is 5.11 Å². The fraction of sp³-hybridized carbons (Fsp3) is 0.214. The first-order chi connectivity index (χ1) is 9.69. The van der Waals surface area contributed by atoms with Crippen LogP contribution in [-0.4, -0.2) is 21.0 Å². The molecule has 0 bridgehead atoms. The second-order valence-electron chi connectivity index (χ2n) is 4.38. The molecule has 20 heavy (non-hydrogen) atoms. The number of thiophene rings is 1. The van der Waals surface area contributed by atoms with Crippen LogP contribution < -0.4 is 0 Å². The molecule has 3 heterocycles. The van der Waals surface area contributed by atoms with E-state index < -0.39 is 5.97 Å². The molecule has 0 aromatic carbocycles. The Morgan fingerprint density at radius 3 is 3.05 bits per heavy atom. The predicted molar refractivity (Wildman–Crippen MR) is 81.7 cm³/mol. The standard InChI is InChI=1S/C14H12N2O2S2/c1-2-3-10-12(14(17)18)20-13(16-10)8-6-11-9(15-7-8)4-5-19-11/h4-7H,2-3H2,1H3,(H,17,18). The van der Waals surface area contributed by atoms with Crippen LogP contribution in [0.25, 0.3) is 20.8 Å². The molecule has 6 heteroatoms. The normalized spacial score (nSPS) is 11.1. The zero-order chi connectivity index (χ0) is 14.1. The number of pyridine rings is 1. The SMILES string of the molecule is CCCc1nc(-c2cnc3ccsc3c2)sc1C(=O)O. The Balaban J connectivity index is 2.08. The average molecular weight is 304 g/mol. The van der Waals surface area contributed by atoms with Gasteiger partial charge in [-0.3, -0.25) is 4.98 Å². The minimum absolute atomic E-state index is 0.341. The lowest BCUT2D eigenvalue weighted by Gasteiger charge is -1.95. The molecular formula is C14H12N2O2S2. The summed E-state index contributed by atoms with van der Waals surface area (Å²) in [6.45, 7) is 2.02. The molecule has 1 N–H and O–H groups in total. The van der Waals surface area contributed by atoms with Crippen molar-refractivity contribution in [1.82, 2.24) is 9.97 Å². The van der Waals surface area contributed by atoms with Gasteiger partial charge in [0.1, 0.15) is 9.88 Å². The van der Waals surface area contributed by atoms with Crippen molar-refractivity contribution in [2.45, 2.75) is 19.8 Å². The first-order valence-corrected chi connectivity index (χ1v) is 7.95. The highest BCUT2D eigenvalue weighted by atomic mass is 32.1. The van der Waals surface area contributed by atoms with Crippen LogP contribution >= 0.6 is 22.7 Å². The van der Waals surface area contributed by atoms with Gasteiger partial charge >= 0.3 is 5.97 Å². The number of fused-ring (bicyclic) bond motifs is 1. The van der Waals surface area contributed by atoms with Crippen molar-refractivity contribution in [3.63, 3.8) is 0 Å². The summed E-state index contributed by atoms with van der Waals surface area (Å²) in [5.41, 5.74) is 2.52. The minimum atomic E-state index is -0.901. The molecule has 0 aliphatic heterocycles. The molecule has 0 unspecified atom stereocenters. The van der Waals surface area contributed by atoms with Crippen molar-refractivity contribution in [1.29, 1.82) is 0 Å². The largest absolute Gasteiger partial charge is 0.477 e. The molecule has 0 fully saturated rings. The maximum Gasteiger partial charge on any atom is 0.347 e. The van der Waals surface area contributed by atoms with Gasteiger partial charge in [-0.25, -0.2) is 9.78 Å². The first-order valence-electron chi connectivity index (χ1n) is 6.25. The third-order valence-corrected chi connectivity index (χ3v) is 4.92. The molecule has 0 saturated heterocycles. The van der Waals surface area contributed by atoms with Gasteiger partial charge in [0.15, 0.2) is 0 Å². The fourth-order valence-electron chi connectivity index (χ4n) is 2.01. The fourth-order valence-corrected chi connectivity index (χ4v) is 3.72. The maximum atomic E-state index is 11.3. The zero-order valence-corrected chi connectivity index (χ0v) is 12.4. The Hall–Kier alpha value is -1.79. The first kappa shape index (κ1) is 13.2. The highest BCUT2D eigenvalue weighted by Gasteiger charge is 2.17. The quantitative estimate of drug-likeness (QED) is 0.789. The summed E-state index contributed by atoms with van der Waals surface area (Å²) >= 11 is 2.85. The van der Waals surface area contributed by atoms with E-state index >= 15 is 0 Å². The molecular weight excluding hydrogens is 292 g/mol. The summed E-state index contributed by atoms with van der Waals surface area (Å²) < 4.78 is 1.09. The van der Waals surface area contributed by atoms with Gasteiger partial charge in [-0.2, -0.15) is 0 Å². The number of carboxylic acids is 1. The third-order valence-electron chi connectivity index (χ3n) is 2.93. The van der Waals surface area contributed by atoms with Gasteiger partial charge in [0.05, 0.1) is 15.9 Å². The van der Waals surface area contributed by atoms with E-state index in [0.29, 0.717) is 17.0 Å². The number of nitrogens with zero attached hydrogens (tertiary/aromatic N) is 2. The number of carbonyl (C=O) groups is 1. The molecule has 102 valence electrons. The lowest BCUT2D eigenvalue weighted by atomic mass is 10.2. The summed E-state index contributed by atoms with van der Waals surface area (Å²) in [6, 6.07) is 3.99. The van der Waals surface area contributed by atoms with E-state index in [9.17, 15) is 9.90 Å². The van der Waals surface area contributed by atoms with Gasteiger partial charge in [0, 0.05) is 11.8 Å². The van der Waals surface area contributed by atoms with Crippen molar-refractivity contribution < 1.29 is 9.90 Å². The summed E-state index contributed by atoms with van der Waals surface area (Å²) in [6.07, 6.45) is 3.33. The number of hydrogen-bond donors (Lipinski definition) is 1. The second kappa shape index (κ2) is 5.30. The van der Waals surface area contributed by atoms with Gasteiger partial charge in [-0.05, 0) is 23.9 Å². The highest BCUT2D eigenvalue weighted by molar-refractivity contribution is 7.17. The van der Waals surface area contributed by atoms with Crippen LogP contribution in [0.2, 0.25) is 0 Å². The summed E-state index contributed by atoms with van der Waals surface area (Å²) in [4.78, 5) is 20.5. The Labute approximate surface area is 123 Å². The van der Waals surface area contributed by atoms with Crippen LogP contribution in [0.3, 0.4) is 0 Å². The number of aromatic nitrogens is 2. The molecule has 0 aliphatic carbocycles. The van der Waals surface area contributed by atoms with E-state index in [1.54, 1.807) is 17.5 Å². The van der Waals surface area contributed by atoms with Gasteiger partial charge in [-0.15, -0.1) is 22.7 Å². The monoisotopic (exact) mass is 304 g/mol. The summed E-state index contributed by atoms with van der Waals surface area (Å²) in [5, 5.41) is 12.0. The molecule has 0 atom stereocenters. The van der Waals surface area contributed by atoms with E-state index in [1.165, 1.54) is 11.3 Å². The van der Waals surface area contributed by atoms with Crippen LogP contribution in [0.15, 0.2) is 23.7 Å². The van der Waals surface area contributed by atoms with Crippen LogP contribution in [-0.2, 0) is 6.42 Å². The number of thiazole rings is 1.